The normalized spacial score (nSPS) is 11.7. The van der Waals surface area contributed by atoms with Crippen LogP contribution in [0, 0.1) is 24.8 Å². The van der Waals surface area contributed by atoms with Crippen molar-refractivity contribution in [2.24, 2.45) is 0 Å². The summed E-state index contributed by atoms with van der Waals surface area (Å²) < 4.78 is 6.79. The third-order valence-corrected chi connectivity index (χ3v) is 10.3. The zero-order valence-electron chi connectivity index (χ0n) is 27.1. The highest BCUT2D eigenvalue weighted by Crippen LogP contribution is 2.48. The Balaban J connectivity index is 1.56. The van der Waals surface area contributed by atoms with Gasteiger partial charge in [-0.25, -0.2) is 4.85 Å². The van der Waals surface area contributed by atoms with Crippen molar-refractivity contribution in [3.05, 3.63) is 168 Å². The van der Waals surface area contributed by atoms with E-state index in [1.807, 2.05) is 6.92 Å². The predicted molar refractivity (Wildman–Crippen MR) is 205 cm³/mol. The lowest BCUT2D eigenvalue weighted by Crippen LogP contribution is -2.12. The van der Waals surface area contributed by atoms with Crippen LogP contribution in [-0.4, -0.2) is 13.7 Å². The van der Waals surface area contributed by atoms with Crippen LogP contribution in [0.2, 0.25) is 0 Å². The van der Waals surface area contributed by atoms with Gasteiger partial charge in [-0.05, 0) is 48.9 Å². The van der Waals surface area contributed by atoms with Crippen LogP contribution in [0.4, 0.5) is 5.69 Å². The molecule has 232 valence electrons. The average molecular weight is 638 g/mol. The van der Waals surface area contributed by atoms with Gasteiger partial charge in [0.2, 0.25) is 5.69 Å². The van der Waals surface area contributed by atoms with Gasteiger partial charge in [0, 0.05) is 32.3 Å². The molecule has 5 heteroatoms. The Kier molecular flexibility index (Phi) is 5.85. The van der Waals surface area contributed by atoms with E-state index in [2.05, 4.69) is 170 Å². The van der Waals surface area contributed by atoms with Gasteiger partial charge < -0.3 is 13.7 Å². The Morgan fingerprint density at radius 1 is 0.440 bits per heavy atom. The molecule has 0 fully saturated rings. The maximum atomic E-state index is 11.2. The van der Waals surface area contributed by atoms with Crippen LogP contribution in [0.5, 0.6) is 0 Å². The number of rotatable bonds is 3. The second kappa shape index (κ2) is 10.5. The quantitative estimate of drug-likeness (QED) is 0.178. The lowest BCUT2D eigenvalue weighted by molar-refractivity contribution is 1.04. The number of hydrogen-bond acceptors (Lipinski definition) is 1. The Morgan fingerprint density at radius 3 is 1.02 bits per heavy atom. The molecular weight excluding hydrogens is 611 g/mol. The molecular formula is C45H27N5. The molecule has 0 aliphatic carbocycles. The fraction of sp³-hybridized carbons (Fsp3) is 0.0222. The summed E-state index contributed by atoms with van der Waals surface area (Å²) in [6, 6.07) is 53.1. The maximum Gasteiger partial charge on any atom is 0.217 e. The summed E-state index contributed by atoms with van der Waals surface area (Å²) in [5.41, 5.74) is 9.85. The van der Waals surface area contributed by atoms with E-state index < -0.39 is 0 Å². The molecule has 0 bridgehead atoms. The molecule has 0 unspecified atom stereocenters. The summed E-state index contributed by atoms with van der Waals surface area (Å²) in [6.07, 6.45) is 0. The van der Waals surface area contributed by atoms with Crippen molar-refractivity contribution >= 4 is 71.1 Å². The Morgan fingerprint density at radius 2 is 0.720 bits per heavy atom. The highest BCUT2D eigenvalue weighted by molar-refractivity contribution is 6.14. The standard InChI is InChI=1S/C45H27N5/c1-28-35(27-46)43(48-36-21-9-3-15-29(36)30-16-4-10-22-37(30)48)45(50-40-25-13-7-19-33(40)34-20-8-14-26-41(34)50)44(42(28)47-2)49-38-23-11-5-17-31(38)32-18-6-12-24-39(32)49/h3-26H,1H3. The molecule has 0 amide bonds. The van der Waals surface area contributed by atoms with Gasteiger partial charge in [-0.1, -0.05) is 109 Å². The SMILES string of the molecule is [C-]#[N+]c1c(C)c(C#N)c(-n2c3ccccc3c3ccccc32)c(-n2c3ccccc3c3ccccc32)c1-n1c2ccccc2c2ccccc21. The van der Waals surface area contributed by atoms with Crippen LogP contribution in [-0.2, 0) is 0 Å². The first-order chi connectivity index (χ1) is 24.7. The Hall–Kier alpha value is -7.08. The second-order valence-corrected chi connectivity index (χ2v) is 12.7. The molecule has 3 heterocycles. The first-order valence-electron chi connectivity index (χ1n) is 16.6. The van der Waals surface area contributed by atoms with Gasteiger partial charge in [0.1, 0.15) is 6.07 Å². The minimum Gasteiger partial charge on any atom is -0.317 e. The third-order valence-electron chi connectivity index (χ3n) is 10.3. The first kappa shape index (κ1) is 28.0. The monoisotopic (exact) mass is 637 g/mol. The van der Waals surface area contributed by atoms with E-state index in [1.165, 1.54) is 0 Å². The highest BCUT2D eigenvalue weighted by atomic mass is 15.1. The van der Waals surface area contributed by atoms with Crippen LogP contribution >= 0.6 is 0 Å². The minimum atomic E-state index is 0.453. The number of fused-ring (bicyclic) bond motifs is 9. The number of aromatic nitrogens is 3. The molecule has 0 spiro atoms. The zero-order valence-corrected chi connectivity index (χ0v) is 27.1. The van der Waals surface area contributed by atoms with Gasteiger partial charge in [-0.15, -0.1) is 0 Å². The molecule has 10 aromatic rings. The largest absolute Gasteiger partial charge is 0.317 e. The topological polar surface area (TPSA) is 42.9 Å². The summed E-state index contributed by atoms with van der Waals surface area (Å²) in [5.74, 6) is 0. The van der Waals surface area contributed by atoms with E-state index in [0.717, 1.165) is 82.5 Å². The van der Waals surface area contributed by atoms with E-state index in [0.29, 0.717) is 16.8 Å². The molecule has 7 aromatic carbocycles. The third kappa shape index (κ3) is 3.58. The van der Waals surface area contributed by atoms with Gasteiger partial charge in [0.15, 0.2) is 0 Å². The molecule has 0 radical (unpaired) electrons. The van der Waals surface area contributed by atoms with Crippen molar-refractivity contribution < 1.29 is 0 Å². The molecule has 0 aliphatic heterocycles. The van der Waals surface area contributed by atoms with Crippen molar-refractivity contribution in [1.82, 2.24) is 13.7 Å². The fourth-order valence-corrected chi connectivity index (χ4v) is 8.22. The van der Waals surface area contributed by atoms with E-state index in [9.17, 15) is 5.26 Å². The first-order valence-corrected chi connectivity index (χ1v) is 16.6. The number of nitriles is 1. The van der Waals surface area contributed by atoms with Crippen LogP contribution in [0.15, 0.2) is 146 Å². The summed E-state index contributed by atoms with van der Waals surface area (Å²) in [6.45, 7) is 10.7. The Labute approximate surface area is 287 Å². The zero-order chi connectivity index (χ0) is 33.5. The maximum absolute atomic E-state index is 11.2. The van der Waals surface area contributed by atoms with Crippen molar-refractivity contribution in [3.63, 3.8) is 0 Å². The van der Waals surface area contributed by atoms with Crippen LogP contribution < -0.4 is 0 Å². The van der Waals surface area contributed by atoms with Gasteiger partial charge in [0.05, 0.1) is 62.3 Å². The second-order valence-electron chi connectivity index (χ2n) is 12.7. The highest BCUT2D eigenvalue weighted by Gasteiger charge is 2.31. The minimum absolute atomic E-state index is 0.453. The van der Waals surface area contributed by atoms with Crippen molar-refractivity contribution in [3.8, 4) is 23.1 Å². The molecule has 10 rings (SSSR count). The predicted octanol–water partition coefficient (Wildman–Crippen LogP) is 11.7. The van der Waals surface area contributed by atoms with E-state index in [1.54, 1.807) is 0 Å². The number of para-hydroxylation sites is 6. The molecule has 3 aromatic heterocycles. The van der Waals surface area contributed by atoms with Crippen LogP contribution in [0.3, 0.4) is 0 Å². The van der Waals surface area contributed by atoms with Crippen molar-refractivity contribution in [1.29, 1.82) is 5.26 Å². The lowest BCUT2D eigenvalue weighted by atomic mass is 9.99. The van der Waals surface area contributed by atoms with Gasteiger partial charge in [-0.2, -0.15) is 5.26 Å². The van der Waals surface area contributed by atoms with Gasteiger partial charge in [-0.3, -0.25) is 0 Å². The fourth-order valence-electron chi connectivity index (χ4n) is 8.22. The molecule has 0 N–H and O–H groups in total. The van der Waals surface area contributed by atoms with Crippen LogP contribution in [0.1, 0.15) is 11.1 Å². The number of nitrogens with zero attached hydrogens (tertiary/aromatic N) is 5. The van der Waals surface area contributed by atoms with E-state index in [4.69, 9.17) is 6.57 Å². The van der Waals surface area contributed by atoms with Crippen LogP contribution in [0.25, 0.3) is 87.3 Å². The molecule has 0 aliphatic rings. The van der Waals surface area contributed by atoms with Gasteiger partial charge >= 0.3 is 0 Å². The number of hydrogen-bond donors (Lipinski definition) is 0. The summed E-state index contributed by atoms with van der Waals surface area (Å²) in [4.78, 5) is 4.28. The summed E-state index contributed by atoms with van der Waals surface area (Å²) >= 11 is 0. The van der Waals surface area contributed by atoms with Crippen molar-refractivity contribution in [2.45, 2.75) is 6.92 Å². The number of benzene rings is 7. The molecule has 0 saturated heterocycles. The molecule has 0 saturated carbocycles. The molecule has 0 atom stereocenters. The van der Waals surface area contributed by atoms with Crippen molar-refractivity contribution in [2.75, 3.05) is 0 Å². The summed E-state index contributed by atoms with van der Waals surface area (Å²) in [5, 5.41) is 17.8. The van der Waals surface area contributed by atoms with Gasteiger partial charge in [0.25, 0.3) is 0 Å². The molecule has 5 nitrogen and oxygen atoms in total. The lowest BCUT2D eigenvalue weighted by Gasteiger charge is -2.26. The average Bonchev–Trinajstić information content (AvgIpc) is 3.80. The molecule has 50 heavy (non-hydrogen) atoms. The van der Waals surface area contributed by atoms with E-state index >= 15 is 0 Å². The summed E-state index contributed by atoms with van der Waals surface area (Å²) in [7, 11) is 0. The smallest absolute Gasteiger partial charge is 0.217 e. The Bertz CT molecular complexity index is 2820. The van der Waals surface area contributed by atoms with E-state index in [-0.39, 0.29) is 0 Å².